The molecular formula is C15H17ClN4O. The van der Waals surface area contributed by atoms with E-state index in [1.54, 1.807) is 17.0 Å². The number of pyridine rings is 1. The van der Waals surface area contributed by atoms with Crippen molar-refractivity contribution in [2.75, 3.05) is 13.6 Å². The number of fused-ring (bicyclic) bond motifs is 1. The smallest absolute Gasteiger partial charge is 0.272 e. The number of carbonyl (C=O) groups is 1. The van der Waals surface area contributed by atoms with Crippen LogP contribution >= 0.6 is 11.6 Å². The molecule has 0 unspecified atom stereocenters. The van der Waals surface area contributed by atoms with Gasteiger partial charge in [-0.3, -0.25) is 4.79 Å². The topological polar surface area (TPSA) is 51.0 Å². The maximum atomic E-state index is 12.3. The summed E-state index contributed by atoms with van der Waals surface area (Å²) in [6.45, 7) is 1.69. The number of imidazole rings is 1. The van der Waals surface area contributed by atoms with E-state index in [0.29, 0.717) is 16.6 Å². The lowest BCUT2D eigenvalue weighted by Crippen LogP contribution is -2.35. The quantitative estimate of drug-likeness (QED) is 0.874. The van der Waals surface area contributed by atoms with E-state index >= 15 is 0 Å². The van der Waals surface area contributed by atoms with Crippen molar-refractivity contribution in [1.82, 2.24) is 19.4 Å². The highest BCUT2D eigenvalue weighted by Crippen LogP contribution is 2.20. The Hall–Kier alpha value is -1.88. The lowest BCUT2D eigenvalue weighted by Gasteiger charge is -2.27. The van der Waals surface area contributed by atoms with Gasteiger partial charge in [-0.25, -0.2) is 9.97 Å². The standard InChI is InChI=1S/C15H17ClN4O/c1-19(15(21)13-3-2-12(16)9-18-13)10-11-4-6-20-7-5-17-14(20)8-11/h2-3,5,7,9,11H,4,6,8,10H2,1H3/t11-/m0/s1. The fraction of sp³-hybridized carbons (Fsp3) is 0.400. The van der Waals surface area contributed by atoms with Crippen molar-refractivity contribution >= 4 is 17.5 Å². The summed E-state index contributed by atoms with van der Waals surface area (Å²) in [5.41, 5.74) is 0.430. The van der Waals surface area contributed by atoms with Gasteiger partial charge in [-0.15, -0.1) is 0 Å². The van der Waals surface area contributed by atoms with Gasteiger partial charge in [0.15, 0.2) is 0 Å². The third-order valence-corrected chi connectivity index (χ3v) is 4.10. The molecule has 6 heteroatoms. The van der Waals surface area contributed by atoms with Gasteiger partial charge in [0.25, 0.3) is 5.91 Å². The van der Waals surface area contributed by atoms with E-state index in [0.717, 1.165) is 31.8 Å². The summed E-state index contributed by atoms with van der Waals surface area (Å²) < 4.78 is 2.18. The van der Waals surface area contributed by atoms with Crippen molar-refractivity contribution in [3.63, 3.8) is 0 Å². The number of halogens is 1. The Morgan fingerprint density at radius 3 is 3.10 bits per heavy atom. The van der Waals surface area contributed by atoms with Crippen LogP contribution in [0.5, 0.6) is 0 Å². The maximum absolute atomic E-state index is 12.3. The van der Waals surface area contributed by atoms with Gasteiger partial charge in [-0.2, -0.15) is 0 Å². The van der Waals surface area contributed by atoms with Crippen molar-refractivity contribution in [1.29, 1.82) is 0 Å². The van der Waals surface area contributed by atoms with Crippen LogP contribution in [0.15, 0.2) is 30.7 Å². The molecule has 0 saturated carbocycles. The van der Waals surface area contributed by atoms with Gasteiger partial charge in [-0.05, 0) is 24.5 Å². The van der Waals surface area contributed by atoms with E-state index in [1.807, 2.05) is 19.4 Å². The minimum absolute atomic E-state index is 0.0689. The van der Waals surface area contributed by atoms with Crippen molar-refractivity contribution in [3.05, 3.63) is 47.3 Å². The number of amides is 1. The number of aryl methyl sites for hydroxylation is 1. The number of aromatic nitrogens is 3. The largest absolute Gasteiger partial charge is 0.340 e. The first-order valence-corrected chi connectivity index (χ1v) is 7.38. The summed E-state index contributed by atoms with van der Waals surface area (Å²) in [6, 6.07) is 3.35. The monoisotopic (exact) mass is 304 g/mol. The van der Waals surface area contributed by atoms with Crippen LogP contribution in [0.4, 0.5) is 0 Å². The summed E-state index contributed by atoms with van der Waals surface area (Å²) in [4.78, 5) is 22.5. The molecule has 2 aromatic heterocycles. The van der Waals surface area contributed by atoms with Crippen LogP contribution in [0.1, 0.15) is 22.7 Å². The van der Waals surface area contributed by atoms with Crippen molar-refractivity contribution < 1.29 is 4.79 Å². The Bertz CT molecular complexity index is 637. The molecule has 1 aliphatic rings. The second-order valence-electron chi connectivity index (χ2n) is 5.44. The molecule has 0 saturated heterocycles. The summed E-state index contributed by atoms with van der Waals surface area (Å²) in [6.07, 6.45) is 7.33. The summed E-state index contributed by atoms with van der Waals surface area (Å²) >= 11 is 5.79. The van der Waals surface area contributed by atoms with Gasteiger partial charge in [0.2, 0.25) is 0 Å². The molecule has 0 N–H and O–H groups in total. The number of hydrogen-bond acceptors (Lipinski definition) is 3. The maximum Gasteiger partial charge on any atom is 0.272 e. The van der Waals surface area contributed by atoms with Crippen LogP contribution in [-0.2, 0) is 13.0 Å². The minimum atomic E-state index is -0.0689. The van der Waals surface area contributed by atoms with Crippen LogP contribution in [0.2, 0.25) is 5.02 Å². The zero-order valence-electron chi connectivity index (χ0n) is 11.9. The van der Waals surface area contributed by atoms with Gasteiger partial charge in [0, 0.05) is 45.1 Å². The molecule has 0 fully saturated rings. The van der Waals surface area contributed by atoms with Crippen LogP contribution in [-0.4, -0.2) is 38.9 Å². The number of carbonyl (C=O) groups excluding carboxylic acids is 1. The first-order chi connectivity index (χ1) is 10.1. The number of nitrogens with zero attached hydrogens (tertiary/aromatic N) is 4. The SMILES string of the molecule is CN(C[C@H]1CCn2ccnc2C1)C(=O)c1ccc(Cl)cn1. The average Bonchev–Trinajstić information content (AvgIpc) is 2.95. The molecule has 0 bridgehead atoms. The molecule has 2 aromatic rings. The van der Waals surface area contributed by atoms with Gasteiger partial charge >= 0.3 is 0 Å². The molecule has 5 nitrogen and oxygen atoms in total. The van der Waals surface area contributed by atoms with E-state index in [2.05, 4.69) is 14.5 Å². The number of hydrogen-bond donors (Lipinski definition) is 0. The van der Waals surface area contributed by atoms with E-state index in [1.165, 1.54) is 6.20 Å². The van der Waals surface area contributed by atoms with Crippen LogP contribution in [0, 0.1) is 5.92 Å². The second kappa shape index (κ2) is 5.85. The van der Waals surface area contributed by atoms with E-state index in [4.69, 9.17) is 11.6 Å². The third-order valence-electron chi connectivity index (χ3n) is 3.88. The molecule has 110 valence electrons. The zero-order valence-corrected chi connectivity index (χ0v) is 12.6. The highest BCUT2D eigenvalue weighted by Gasteiger charge is 2.23. The lowest BCUT2D eigenvalue weighted by molar-refractivity contribution is 0.0758. The summed E-state index contributed by atoms with van der Waals surface area (Å²) in [5, 5.41) is 0.535. The van der Waals surface area contributed by atoms with Crippen LogP contribution in [0.3, 0.4) is 0 Å². The Morgan fingerprint density at radius 1 is 1.48 bits per heavy atom. The molecule has 0 radical (unpaired) electrons. The van der Waals surface area contributed by atoms with Gasteiger partial charge < -0.3 is 9.47 Å². The van der Waals surface area contributed by atoms with E-state index in [9.17, 15) is 4.79 Å². The Labute approximate surface area is 128 Å². The highest BCUT2D eigenvalue weighted by atomic mass is 35.5. The molecule has 0 spiro atoms. The van der Waals surface area contributed by atoms with Crippen molar-refractivity contribution in [2.45, 2.75) is 19.4 Å². The summed E-state index contributed by atoms with van der Waals surface area (Å²) in [5.74, 6) is 1.48. The molecule has 0 aromatic carbocycles. The Kier molecular flexibility index (Phi) is 3.92. The molecular weight excluding hydrogens is 288 g/mol. The van der Waals surface area contributed by atoms with E-state index in [-0.39, 0.29) is 5.91 Å². The van der Waals surface area contributed by atoms with Crippen molar-refractivity contribution in [3.8, 4) is 0 Å². The predicted molar refractivity (Wildman–Crippen MR) is 80.2 cm³/mol. The molecule has 0 aliphatic carbocycles. The Morgan fingerprint density at radius 2 is 2.33 bits per heavy atom. The van der Waals surface area contributed by atoms with Crippen LogP contribution < -0.4 is 0 Å². The van der Waals surface area contributed by atoms with Gasteiger partial charge in [-0.1, -0.05) is 11.6 Å². The van der Waals surface area contributed by atoms with Gasteiger partial charge in [0.1, 0.15) is 11.5 Å². The molecule has 21 heavy (non-hydrogen) atoms. The lowest BCUT2D eigenvalue weighted by atomic mass is 9.97. The van der Waals surface area contributed by atoms with Crippen molar-refractivity contribution in [2.24, 2.45) is 5.92 Å². The molecule has 3 rings (SSSR count). The predicted octanol–water partition coefficient (Wildman–Crippen LogP) is 2.27. The number of rotatable bonds is 3. The highest BCUT2D eigenvalue weighted by molar-refractivity contribution is 6.30. The molecule has 1 amide bonds. The fourth-order valence-electron chi connectivity index (χ4n) is 2.74. The second-order valence-corrected chi connectivity index (χ2v) is 5.88. The van der Waals surface area contributed by atoms with E-state index < -0.39 is 0 Å². The molecule has 1 atom stereocenters. The fourth-order valence-corrected chi connectivity index (χ4v) is 2.85. The Balaban J connectivity index is 1.63. The molecule has 1 aliphatic heterocycles. The average molecular weight is 305 g/mol. The first kappa shape index (κ1) is 14.1. The minimum Gasteiger partial charge on any atom is -0.340 e. The normalized spacial score (nSPS) is 17.3. The van der Waals surface area contributed by atoms with Crippen LogP contribution in [0.25, 0.3) is 0 Å². The third kappa shape index (κ3) is 3.08. The first-order valence-electron chi connectivity index (χ1n) is 7.00. The zero-order chi connectivity index (χ0) is 14.8. The van der Waals surface area contributed by atoms with Gasteiger partial charge in [0.05, 0.1) is 5.02 Å². The summed E-state index contributed by atoms with van der Waals surface area (Å²) in [7, 11) is 1.82. The molecule has 3 heterocycles.